The normalized spacial score (nSPS) is 11.8. The largest absolute Gasteiger partial charge is 0.207 e. The number of rotatable bonds is 3. The highest BCUT2D eigenvalue weighted by Crippen LogP contribution is 2.17. The van der Waals surface area contributed by atoms with Crippen LogP contribution in [0.3, 0.4) is 0 Å². The second kappa shape index (κ2) is 4.26. The van der Waals surface area contributed by atoms with Crippen LogP contribution in [0.5, 0.6) is 0 Å². The van der Waals surface area contributed by atoms with E-state index >= 15 is 0 Å². The highest BCUT2D eigenvalue weighted by Gasteiger charge is 2.27. The van der Waals surface area contributed by atoms with Crippen molar-refractivity contribution in [3.05, 3.63) is 29.6 Å². The van der Waals surface area contributed by atoms with Gasteiger partial charge in [-0.2, -0.15) is 0 Å². The predicted octanol–water partition coefficient (Wildman–Crippen LogP) is 3.46. The Labute approximate surface area is 87.2 Å². The molecule has 0 aliphatic heterocycles. The Morgan fingerprint density at radius 1 is 1.21 bits per heavy atom. The molecule has 0 bridgehead atoms. The van der Waals surface area contributed by atoms with Crippen molar-refractivity contribution in [1.82, 2.24) is 0 Å². The summed E-state index contributed by atoms with van der Waals surface area (Å²) in [6.45, 7) is 8.66. The Balaban J connectivity index is 3.22. The summed E-state index contributed by atoms with van der Waals surface area (Å²) >= 11 is 0. The lowest BCUT2D eigenvalue weighted by Crippen LogP contribution is -2.45. The van der Waals surface area contributed by atoms with Gasteiger partial charge in [0, 0.05) is 0 Å². The third kappa shape index (κ3) is 2.06. The Hall–Kier alpha value is -0.633. The summed E-state index contributed by atoms with van der Waals surface area (Å²) in [7, 11) is -1.52. The number of aryl methyl sites for hydroxylation is 1. The van der Waals surface area contributed by atoms with Crippen molar-refractivity contribution in [3.63, 3.8) is 0 Å². The zero-order valence-corrected chi connectivity index (χ0v) is 10.5. The van der Waals surface area contributed by atoms with Crippen molar-refractivity contribution in [1.29, 1.82) is 0 Å². The maximum Gasteiger partial charge on any atom is 0.122 e. The summed E-state index contributed by atoms with van der Waals surface area (Å²) < 4.78 is 13.7. The van der Waals surface area contributed by atoms with Gasteiger partial charge in [-0.3, -0.25) is 0 Å². The molecule has 0 radical (unpaired) electrons. The van der Waals surface area contributed by atoms with Gasteiger partial charge in [-0.05, 0) is 18.2 Å². The minimum Gasteiger partial charge on any atom is -0.207 e. The summed E-state index contributed by atoms with van der Waals surface area (Å²) in [5.41, 5.74) is 1.17. The first-order valence-corrected chi connectivity index (χ1v) is 8.21. The molecule has 0 spiro atoms. The van der Waals surface area contributed by atoms with Crippen LogP contribution in [-0.2, 0) is 0 Å². The lowest BCUT2D eigenvalue weighted by atomic mass is 10.2. The first-order valence-electron chi connectivity index (χ1n) is 5.30. The van der Waals surface area contributed by atoms with Gasteiger partial charge in [0.2, 0.25) is 0 Å². The van der Waals surface area contributed by atoms with Crippen molar-refractivity contribution in [2.24, 2.45) is 0 Å². The van der Waals surface area contributed by atoms with E-state index in [-0.39, 0.29) is 5.82 Å². The molecule has 0 aliphatic carbocycles. The molecule has 2 heteroatoms. The maximum atomic E-state index is 13.7. The fourth-order valence-corrected chi connectivity index (χ4v) is 4.23. The molecule has 14 heavy (non-hydrogen) atoms. The molecule has 0 aliphatic rings. The molecule has 0 amide bonds. The van der Waals surface area contributed by atoms with Gasteiger partial charge in [0.1, 0.15) is 5.82 Å². The van der Waals surface area contributed by atoms with E-state index in [1.54, 1.807) is 6.07 Å². The first-order chi connectivity index (χ1) is 6.53. The van der Waals surface area contributed by atoms with E-state index in [0.717, 1.165) is 17.3 Å². The van der Waals surface area contributed by atoms with E-state index in [2.05, 4.69) is 20.4 Å². The van der Waals surface area contributed by atoms with Crippen molar-refractivity contribution < 1.29 is 4.39 Å². The second-order valence-electron chi connectivity index (χ2n) is 4.25. The third-order valence-corrected chi connectivity index (χ3v) is 8.14. The molecule has 0 nitrogen and oxygen atoms in total. The molecule has 0 unspecified atom stereocenters. The van der Waals surface area contributed by atoms with Gasteiger partial charge < -0.3 is 0 Å². The summed E-state index contributed by atoms with van der Waals surface area (Å²) in [6, 6.07) is 7.72. The van der Waals surface area contributed by atoms with Crippen LogP contribution >= 0.6 is 0 Å². The van der Waals surface area contributed by atoms with Crippen LogP contribution in [0, 0.1) is 12.7 Å². The third-order valence-electron chi connectivity index (χ3n) is 3.33. The van der Waals surface area contributed by atoms with Gasteiger partial charge in [-0.25, -0.2) is 4.39 Å². The Kier molecular flexibility index (Phi) is 3.48. The molecule has 0 aromatic heterocycles. The highest BCUT2D eigenvalue weighted by molar-refractivity contribution is 6.90. The lowest BCUT2D eigenvalue weighted by molar-refractivity contribution is 0.634. The summed E-state index contributed by atoms with van der Waals surface area (Å²) in [5, 5.41) is 1.00. The molecular weight excluding hydrogens is 191 g/mol. The molecule has 0 atom stereocenters. The maximum absolute atomic E-state index is 13.7. The molecular formula is C12H19FSi. The molecule has 78 valence electrons. The average molecular weight is 210 g/mol. The van der Waals surface area contributed by atoms with E-state index in [4.69, 9.17) is 0 Å². The Morgan fingerprint density at radius 3 is 2.29 bits per heavy atom. The van der Waals surface area contributed by atoms with Crippen LogP contribution in [0.1, 0.15) is 19.4 Å². The minimum absolute atomic E-state index is 0.00605. The Bertz CT molecular complexity index is 316. The zero-order chi connectivity index (χ0) is 10.8. The minimum atomic E-state index is -1.52. The quantitative estimate of drug-likeness (QED) is 0.670. The smallest absolute Gasteiger partial charge is 0.122 e. The first kappa shape index (κ1) is 11.4. The van der Waals surface area contributed by atoms with Crippen LogP contribution in [0.15, 0.2) is 18.2 Å². The standard InChI is InChI=1S/C12H19FSi/c1-5-14(4,6-2)12-9-10(3)7-8-11(12)13/h7-9H,5-6H2,1-4H3. The summed E-state index contributed by atoms with van der Waals surface area (Å²) in [5.74, 6) is -0.00605. The molecule has 0 saturated carbocycles. The van der Waals surface area contributed by atoms with Crippen LogP contribution in [-0.4, -0.2) is 8.07 Å². The van der Waals surface area contributed by atoms with Crippen molar-refractivity contribution in [2.75, 3.05) is 0 Å². The molecule has 0 saturated heterocycles. The van der Waals surface area contributed by atoms with Gasteiger partial charge >= 0.3 is 0 Å². The van der Waals surface area contributed by atoms with E-state index in [1.165, 1.54) is 5.56 Å². The van der Waals surface area contributed by atoms with Gasteiger partial charge in [0.25, 0.3) is 0 Å². The van der Waals surface area contributed by atoms with E-state index in [0.29, 0.717) is 0 Å². The highest BCUT2D eigenvalue weighted by atomic mass is 28.3. The molecule has 0 fully saturated rings. The number of hydrogen-bond donors (Lipinski definition) is 0. The van der Waals surface area contributed by atoms with Crippen LogP contribution in [0.4, 0.5) is 4.39 Å². The van der Waals surface area contributed by atoms with Crippen LogP contribution < -0.4 is 5.19 Å². The van der Waals surface area contributed by atoms with Crippen LogP contribution in [0.2, 0.25) is 18.6 Å². The molecule has 1 aromatic rings. The lowest BCUT2D eigenvalue weighted by Gasteiger charge is -2.25. The van der Waals surface area contributed by atoms with Gasteiger partial charge in [-0.1, -0.05) is 50.2 Å². The molecule has 0 N–H and O–H groups in total. The molecule has 1 rings (SSSR count). The average Bonchev–Trinajstić information content (AvgIpc) is 2.20. The fraction of sp³-hybridized carbons (Fsp3) is 0.500. The number of hydrogen-bond acceptors (Lipinski definition) is 0. The van der Waals surface area contributed by atoms with Crippen molar-refractivity contribution in [3.8, 4) is 0 Å². The van der Waals surface area contributed by atoms with Gasteiger partial charge in [0.15, 0.2) is 0 Å². The van der Waals surface area contributed by atoms with Crippen molar-refractivity contribution in [2.45, 2.75) is 39.4 Å². The zero-order valence-electron chi connectivity index (χ0n) is 9.52. The number of benzene rings is 1. The summed E-state index contributed by atoms with van der Waals surface area (Å²) in [4.78, 5) is 0. The fourth-order valence-electron chi connectivity index (χ4n) is 1.73. The Morgan fingerprint density at radius 2 is 1.79 bits per heavy atom. The van der Waals surface area contributed by atoms with Crippen molar-refractivity contribution >= 4 is 13.3 Å². The monoisotopic (exact) mass is 210 g/mol. The molecule has 0 heterocycles. The van der Waals surface area contributed by atoms with E-state index in [9.17, 15) is 4.39 Å². The SMILES string of the molecule is CC[Si](C)(CC)c1cc(C)ccc1F. The predicted molar refractivity (Wildman–Crippen MR) is 63.4 cm³/mol. The second-order valence-corrected chi connectivity index (χ2v) is 9.33. The van der Waals surface area contributed by atoms with Crippen LogP contribution in [0.25, 0.3) is 0 Å². The molecule has 1 aromatic carbocycles. The van der Waals surface area contributed by atoms with Gasteiger partial charge in [0.05, 0.1) is 8.07 Å². The van der Waals surface area contributed by atoms with Gasteiger partial charge in [-0.15, -0.1) is 0 Å². The van der Waals surface area contributed by atoms with E-state index in [1.807, 2.05) is 19.1 Å². The topological polar surface area (TPSA) is 0 Å². The van der Waals surface area contributed by atoms with E-state index < -0.39 is 8.07 Å². The summed E-state index contributed by atoms with van der Waals surface area (Å²) in [6.07, 6.45) is 0. The number of halogens is 1.